The van der Waals surface area contributed by atoms with Gasteiger partial charge in [-0.1, -0.05) is 39.7 Å². The number of pyridine rings is 1. The van der Waals surface area contributed by atoms with Crippen molar-refractivity contribution in [3.8, 4) is 0 Å². The van der Waals surface area contributed by atoms with E-state index in [1.54, 1.807) is 24.2 Å². The average Bonchev–Trinajstić information content (AvgIpc) is 2.85. The molecule has 1 fully saturated rings. The summed E-state index contributed by atoms with van der Waals surface area (Å²) in [6.45, 7) is 1.94. The lowest BCUT2D eigenvalue weighted by atomic mass is 10.1. The molecule has 4 nitrogen and oxygen atoms in total. The van der Waals surface area contributed by atoms with E-state index < -0.39 is 0 Å². The number of halogens is 2. The number of thioether (sulfide) groups is 1. The zero-order chi connectivity index (χ0) is 17.3. The van der Waals surface area contributed by atoms with Gasteiger partial charge in [0.25, 0.3) is 5.91 Å². The fourth-order valence-electron chi connectivity index (χ4n) is 2.17. The van der Waals surface area contributed by atoms with Crippen LogP contribution >= 0.6 is 39.3 Å². The van der Waals surface area contributed by atoms with Crippen LogP contribution in [0.5, 0.6) is 0 Å². The van der Waals surface area contributed by atoms with Gasteiger partial charge in [-0.05, 0) is 48.0 Å². The Morgan fingerprint density at radius 1 is 1.29 bits per heavy atom. The molecule has 1 aliphatic heterocycles. The first-order chi connectivity index (χ1) is 11.5. The zero-order valence-corrected chi connectivity index (χ0v) is 16.1. The van der Waals surface area contributed by atoms with Gasteiger partial charge in [0.1, 0.15) is 0 Å². The van der Waals surface area contributed by atoms with Gasteiger partial charge in [0.15, 0.2) is 5.17 Å². The predicted octanol–water partition coefficient (Wildman–Crippen LogP) is 5.12. The van der Waals surface area contributed by atoms with E-state index in [1.165, 1.54) is 18.0 Å². The molecule has 0 N–H and O–H groups in total. The third-order valence-corrected chi connectivity index (χ3v) is 5.62. The molecule has 7 heteroatoms. The standard InChI is InChI=1S/C17H13BrClN3OS/c1-10(11-3-5-12(18)6-4-11)15-16(23)22(2)17(24-15)21-14-7-8-20-9-13(14)19/h3-9H,1-2H3/b15-10-,21-17?. The van der Waals surface area contributed by atoms with Gasteiger partial charge in [0.2, 0.25) is 0 Å². The van der Waals surface area contributed by atoms with Gasteiger partial charge in [-0.2, -0.15) is 0 Å². The van der Waals surface area contributed by atoms with Gasteiger partial charge >= 0.3 is 0 Å². The summed E-state index contributed by atoms with van der Waals surface area (Å²) in [5.41, 5.74) is 2.53. The van der Waals surface area contributed by atoms with Gasteiger partial charge in [-0.3, -0.25) is 14.7 Å². The van der Waals surface area contributed by atoms with Crippen molar-refractivity contribution in [2.45, 2.75) is 6.92 Å². The van der Waals surface area contributed by atoms with Gasteiger partial charge < -0.3 is 0 Å². The molecular formula is C17H13BrClN3OS. The van der Waals surface area contributed by atoms with Gasteiger partial charge in [0, 0.05) is 23.9 Å². The number of amidine groups is 1. The van der Waals surface area contributed by atoms with E-state index in [0.717, 1.165) is 15.6 Å². The summed E-state index contributed by atoms with van der Waals surface area (Å²) in [5.74, 6) is -0.0654. The van der Waals surface area contributed by atoms with Crippen molar-refractivity contribution in [1.29, 1.82) is 0 Å². The average molecular weight is 423 g/mol. The Labute approximate surface area is 157 Å². The lowest BCUT2D eigenvalue weighted by molar-refractivity contribution is -0.121. The number of aliphatic imine (C=N–C) groups is 1. The minimum absolute atomic E-state index is 0.0654. The number of allylic oxidation sites excluding steroid dienone is 1. The normalized spacial score (nSPS) is 18.4. The van der Waals surface area contributed by atoms with E-state index in [1.807, 2.05) is 31.2 Å². The number of nitrogens with zero attached hydrogens (tertiary/aromatic N) is 3. The number of amides is 1. The molecule has 2 heterocycles. The summed E-state index contributed by atoms with van der Waals surface area (Å²) < 4.78 is 1.00. The molecule has 122 valence electrons. The quantitative estimate of drug-likeness (QED) is 0.631. The van der Waals surface area contributed by atoms with Crippen molar-refractivity contribution in [3.05, 3.63) is 62.7 Å². The summed E-state index contributed by atoms with van der Waals surface area (Å²) in [6.07, 6.45) is 3.16. The van der Waals surface area contributed by atoms with Crippen molar-refractivity contribution in [2.24, 2.45) is 4.99 Å². The fourth-order valence-corrected chi connectivity index (χ4v) is 3.64. The van der Waals surface area contributed by atoms with E-state index in [0.29, 0.717) is 20.8 Å². The van der Waals surface area contributed by atoms with Gasteiger partial charge in [0.05, 0.1) is 15.6 Å². The number of benzene rings is 1. The van der Waals surface area contributed by atoms with Crippen LogP contribution in [0.25, 0.3) is 5.57 Å². The third-order valence-electron chi connectivity index (χ3n) is 3.56. The molecule has 0 unspecified atom stereocenters. The highest BCUT2D eigenvalue weighted by Gasteiger charge is 2.32. The summed E-state index contributed by atoms with van der Waals surface area (Å²) in [4.78, 5) is 23.2. The van der Waals surface area contributed by atoms with Crippen molar-refractivity contribution >= 4 is 61.6 Å². The molecule has 0 radical (unpaired) electrons. The molecule has 0 saturated carbocycles. The number of hydrogen-bond acceptors (Lipinski definition) is 4. The molecule has 0 spiro atoms. The number of likely N-dealkylation sites (N-methyl/N-ethyl adjacent to an activating group) is 1. The summed E-state index contributed by atoms with van der Waals surface area (Å²) in [5, 5.41) is 1.05. The minimum Gasteiger partial charge on any atom is -0.290 e. The Hall–Kier alpha value is -1.63. The topological polar surface area (TPSA) is 45.6 Å². The van der Waals surface area contributed by atoms with Crippen LogP contribution < -0.4 is 0 Å². The number of carbonyl (C=O) groups is 1. The minimum atomic E-state index is -0.0654. The maximum Gasteiger partial charge on any atom is 0.266 e. The maximum absolute atomic E-state index is 12.6. The van der Waals surface area contributed by atoms with Crippen molar-refractivity contribution in [1.82, 2.24) is 9.88 Å². The first kappa shape index (κ1) is 17.2. The second-order valence-corrected chi connectivity index (χ2v) is 7.45. The van der Waals surface area contributed by atoms with Crippen LogP contribution in [0.3, 0.4) is 0 Å². The summed E-state index contributed by atoms with van der Waals surface area (Å²) in [7, 11) is 1.71. The van der Waals surface area contributed by atoms with Crippen molar-refractivity contribution in [3.63, 3.8) is 0 Å². The lowest BCUT2D eigenvalue weighted by Crippen LogP contribution is -2.23. The SMILES string of the molecule is C/C(=C1/SC(=Nc2ccncc2Cl)N(C)C1=O)c1ccc(Br)cc1. The van der Waals surface area contributed by atoms with E-state index >= 15 is 0 Å². The highest BCUT2D eigenvalue weighted by Crippen LogP contribution is 2.37. The van der Waals surface area contributed by atoms with Gasteiger partial charge in [-0.25, -0.2) is 4.99 Å². The van der Waals surface area contributed by atoms with Crippen LogP contribution in [-0.4, -0.2) is 28.0 Å². The third kappa shape index (κ3) is 3.41. The Kier molecular flexibility index (Phi) is 5.08. The smallest absolute Gasteiger partial charge is 0.266 e. The Morgan fingerprint density at radius 2 is 2.00 bits per heavy atom. The second kappa shape index (κ2) is 7.09. The molecule has 24 heavy (non-hydrogen) atoms. The summed E-state index contributed by atoms with van der Waals surface area (Å²) in [6, 6.07) is 9.60. The monoisotopic (exact) mass is 421 g/mol. The molecule has 0 bridgehead atoms. The Morgan fingerprint density at radius 3 is 2.67 bits per heavy atom. The number of aromatic nitrogens is 1. The number of hydrogen-bond donors (Lipinski definition) is 0. The summed E-state index contributed by atoms with van der Waals surface area (Å²) >= 11 is 10.9. The molecule has 0 aliphatic carbocycles. The first-order valence-corrected chi connectivity index (χ1v) is 9.07. The van der Waals surface area contributed by atoms with Gasteiger partial charge in [-0.15, -0.1) is 0 Å². The number of carbonyl (C=O) groups excluding carboxylic acids is 1. The maximum atomic E-state index is 12.6. The van der Waals surface area contributed by atoms with Crippen LogP contribution in [0.4, 0.5) is 5.69 Å². The van der Waals surface area contributed by atoms with Crippen LogP contribution in [0.1, 0.15) is 12.5 Å². The molecule has 2 aromatic rings. The Balaban J connectivity index is 1.98. The van der Waals surface area contributed by atoms with E-state index in [4.69, 9.17) is 11.6 Å². The zero-order valence-electron chi connectivity index (χ0n) is 13.0. The van der Waals surface area contributed by atoms with Crippen LogP contribution in [0.15, 0.2) is 57.1 Å². The molecule has 0 atom stereocenters. The fraction of sp³-hybridized carbons (Fsp3) is 0.118. The first-order valence-electron chi connectivity index (χ1n) is 7.08. The lowest BCUT2D eigenvalue weighted by Gasteiger charge is -2.08. The molecular weight excluding hydrogens is 410 g/mol. The van der Waals surface area contributed by atoms with E-state index in [9.17, 15) is 4.79 Å². The number of rotatable bonds is 2. The molecule has 1 saturated heterocycles. The predicted molar refractivity (Wildman–Crippen MR) is 103 cm³/mol. The second-order valence-electron chi connectivity index (χ2n) is 5.15. The van der Waals surface area contributed by atoms with E-state index in [2.05, 4.69) is 25.9 Å². The van der Waals surface area contributed by atoms with Crippen LogP contribution in [-0.2, 0) is 4.79 Å². The van der Waals surface area contributed by atoms with Crippen molar-refractivity contribution < 1.29 is 4.79 Å². The molecule has 1 aromatic heterocycles. The highest BCUT2D eigenvalue weighted by molar-refractivity contribution is 9.10. The molecule has 1 aromatic carbocycles. The largest absolute Gasteiger partial charge is 0.290 e. The van der Waals surface area contributed by atoms with Crippen LogP contribution in [0, 0.1) is 0 Å². The highest BCUT2D eigenvalue weighted by atomic mass is 79.9. The van der Waals surface area contributed by atoms with Crippen LogP contribution in [0.2, 0.25) is 5.02 Å². The van der Waals surface area contributed by atoms with E-state index in [-0.39, 0.29) is 5.91 Å². The molecule has 3 rings (SSSR count). The Bertz CT molecular complexity index is 864. The van der Waals surface area contributed by atoms with Crippen molar-refractivity contribution in [2.75, 3.05) is 7.05 Å². The molecule has 1 amide bonds. The molecule has 1 aliphatic rings.